The molecular weight excluding hydrogens is 414 g/mol. The molecule has 0 atom stereocenters. The van der Waals surface area contributed by atoms with Crippen LogP contribution in [0.5, 0.6) is 17.2 Å². The molecule has 1 aliphatic heterocycles. The number of ether oxygens (including phenoxy) is 2. The van der Waals surface area contributed by atoms with Gasteiger partial charge in [0.05, 0.1) is 0 Å². The quantitative estimate of drug-likeness (QED) is 0.532. The molecule has 0 spiro atoms. The average molecular weight is 446 g/mol. The van der Waals surface area contributed by atoms with Crippen LogP contribution >= 0.6 is 0 Å². The molecule has 3 aromatic carbocycles. The van der Waals surface area contributed by atoms with E-state index in [1.807, 2.05) is 55.5 Å². The van der Waals surface area contributed by atoms with Gasteiger partial charge in [0, 0.05) is 37.6 Å². The molecule has 4 rings (SSSR count). The Hall–Kier alpha value is -3.51. The summed E-state index contributed by atoms with van der Waals surface area (Å²) in [4.78, 5) is 17.3. The predicted octanol–water partition coefficient (Wildman–Crippen LogP) is 4.95. The number of aryl methyl sites for hydroxylation is 1. The van der Waals surface area contributed by atoms with E-state index in [9.17, 15) is 4.79 Å². The third-order valence-corrected chi connectivity index (χ3v) is 5.84. The number of piperazine rings is 1. The van der Waals surface area contributed by atoms with Crippen molar-refractivity contribution in [3.8, 4) is 17.2 Å². The second-order valence-electron chi connectivity index (χ2n) is 8.14. The van der Waals surface area contributed by atoms with E-state index in [1.54, 1.807) is 12.1 Å². The number of anilines is 2. The zero-order chi connectivity index (χ0) is 23.0. The first-order chi connectivity index (χ1) is 16.1. The number of benzene rings is 3. The van der Waals surface area contributed by atoms with Gasteiger partial charge in [0.15, 0.2) is 6.61 Å². The van der Waals surface area contributed by atoms with E-state index in [0.29, 0.717) is 11.5 Å². The molecular formula is C27H31N3O3. The fourth-order valence-corrected chi connectivity index (χ4v) is 3.87. The van der Waals surface area contributed by atoms with E-state index in [1.165, 1.54) is 5.69 Å². The van der Waals surface area contributed by atoms with Crippen molar-refractivity contribution in [3.05, 3.63) is 78.4 Å². The van der Waals surface area contributed by atoms with Gasteiger partial charge in [-0.25, -0.2) is 0 Å². The minimum absolute atomic E-state index is 0.0565. The number of nitrogens with zero attached hydrogens (tertiary/aromatic N) is 2. The van der Waals surface area contributed by atoms with E-state index >= 15 is 0 Å². The van der Waals surface area contributed by atoms with Gasteiger partial charge in [-0.1, -0.05) is 25.1 Å². The summed E-state index contributed by atoms with van der Waals surface area (Å²) in [6.07, 6.45) is 0. The normalized spacial score (nSPS) is 14.1. The largest absolute Gasteiger partial charge is 0.484 e. The van der Waals surface area contributed by atoms with Gasteiger partial charge in [-0.15, -0.1) is 0 Å². The Morgan fingerprint density at radius 3 is 2.21 bits per heavy atom. The number of rotatable bonds is 8. The molecule has 172 valence electrons. The standard InChI is InChI=1S/C27H31N3O3/c1-3-29-15-17-30(18-16-29)22-9-14-26(21(2)19-22)28-27(31)20-32-23-10-12-25(13-11-23)33-24-7-5-4-6-8-24/h4-14,19H,3,15-18,20H2,1-2H3,(H,28,31). The van der Waals surface area contributed by atoms with Crippen LogP contribution in [0.4, 0.5) is 11.4 Å². The highest BCUT2D eigenvalue weighted by molar-refractivity contribution is 5.92. The van der Waals surface area contributed by atoms with Gasteiger partial charge in [0.25, 0.3) is 5.91 Å². The number of para-hydroxylation sites is 1. The second-order valence-corrected chi connectivity index (χ2v) is 8.14. The van der Waals surface area contributed by atoms with E-state index in [0.717, 1.165) is 49.7 Å². The van der Waals surface area contributed by atoms with Crippen molar-refractivity contribution in [3.63, 3.8) is 0 Å². The number of carbonyl (C=O) groups excluding carboxylic acids is 1. The van der Waals surface area contributed by atoms with Crippen molar-refractivity contribution in [1.82, 2.24) is 4.90 Å². The van der Waals surface area contributed by atoms with Gasteiger partial charge in [-0.2, -0.15) is 0 Å². The molecule has 0 aromatic heterocycles. The zero-order valence-corrected chi connectivity index (χ0v) is 19.3. The second kappa shape index (κ2) is 10.9. The number of hydrogen-bond donors (Lipinski definition) is 1. The van der Waals surface area contributed by atoms with Gasteiger partial charge < -0.3 is 24.6 Å². The molecule has 1 saturated heterocycles. The summed E-state index contributed by atoms with van der Waals surface area (Å²) in [6.45, 7) is 9.51. The van der Waals surface area contributed by atoms with Crippen molar-refractivity contribution >= 4 is 17.3 Å². The topological polar surface area (TPSA) is 54.0 Å². The van der Waals surface area contributed by atoms with Crippen molar-refractivity contribution in [2.75, 3.05) is 49.5 Å². The lowest BCUT2D eigenvalue weighted by atomic mass is 10.1. The maximum absolute atomic E-state index is 12.4. The van der Waals surface area contributed by atoms with Crippen LogP contribution in [0.25, 0.3) is 0 Å². The summed E-state index contributed by atoms with van der Waals surface area (Å²) >= 11 is 0. The summed E-state index contributed by atoms with van der Waals surface area (Å²) in [5.41, 5.74) is 3.06. The van der Waals surface area contributed by atoms with Crippen LogP contribution in [0.15, 0.2) is 72.8 Å². The van der Waals surface area contributed by atoms with Crippen molar-refractivity contribution in [2.24, 2.45) is 0 Å². The van der Waals surface area contributed by atoms with Crippen LogP contribution in [-0.4, -0.2) is 50.1 Å². The highest BCUT2D eigenvalue weighted by Crippen LogP contribution is 2.25. The van der Waals surface area contributed by atoms with E-state index in [-0.39, 0.29) is 12.5 Å². The van der Waals surface area contributed by atoms with Crippen molar-refractivity contribution in [1.29, 1.82) is 0 Å². The molecule has 3 aromatic rings. The zero-order valence-electron chi connectivity index (χ0n) is 19.3. The molecule has 0 radical (unpaired) electrons. The Bertz CT molecular complexity index is 1050. The molecule has 1 aliphatic rings. The SMILES string of the molecule is CCN1CCN(c2ccc(NC(=O)COc3ccc(Oc4ccccc4)cc3)c(C)c2)CC1. The Labute approximate surface area is 195 Å². The molecule has 0 bridgehead atoms. The van der Waals surface area contributed by atoms with Crippen LogP contribution in [0.1, 0.15) is 12.5 Å². The summed E-state index contributed by atoms with van der Waals surface area (Å²) in [7, 11) is 0. The minimum atomic E-state index is -0.188. The van der Waals surface area contributed by atoms with Gasteiger partial charge in [0.2, 0.25) is 0 Å². The number of hydrogen-bond acceptors (Lipinski definition) is 5. The lowest BCUT2D eigenvalue weighted by Crippen LogP contribution is -2.46. The fraction of sp³-hybridized carbons (Fsp3) is 0.296. The summed E-state index contributed by atoms with van der Waals surface area (Å²) in [5.74, 6) is 1.91. The maximum atomic E-state index is 12.4. The van der Waals surface area contributed by atoms with Crippen molar-refractivity contribution in [2.45, 2.75) is 13.8 Å². The van der Waals surface area contributed by atoms with Crippen LogP contribution < -0.4 is 19.7 Å². The van der Waals surface area contributed by atoms with E-state index in [2.05, 4.69) is 34.2 Å². The fourth-order valence-electron chi connectivity index (χ4n) is 3.87. The Morgan fingerprint density at radius 2 is 1.55 bits per heavy atom. The maximum Gasteiger partial charge on any atom is 0.262 e. The Balaban J connectivity index is 1.26. The first-order valence-electron chi connectivity index (χ1n) is 11.4. The molecule has 1 fully saturated rings. The Kier molecular flexibility index (Phi) is 7.47. The number of nitrogens with one attached hydrogen (secondary N) is 1. The van der Waals surface area contributed by atoms with E-state index in [4.69, 9.17) is 9.47 Å². The highest BCUT2D eigenvalue weighted by atomic mass is 16.5. The first-order valence-corrected chi connectivity index (χ1v) is 11.4. The van der Waals surface area contributed by atoms with Crippen LogP contribution in [0, 0.1) is 6.92 Å². The molecule has 6 heteroatoms. The monoisotopic (exact) mass is 445 g/mol. The number of carbonyl (C=O) groups is 1. The molecule has 0 unspecified atom stereocenters. The Morgan fingerprint density at radius 1 is 0.879 bits per heavy atom. The lowest BCUT2D eigenvalue weighted by molar-refractivity contribution is -0.118. The molecule has 1 heterocycles. The molecule has 0 aliphatic carbocycles. The van der Waals surface area contributed by atoms with Crippen LogP contribution in [0.3, 0.4) is 0 Å². The summed E-state index contributed by atoms with van der Waals surface area (Å²) in [5, 5.41) is 2.96. The predicted molar refractivity (Wildman–Crippen MR) is 133 cm³/mol. The van der Waals surface area contributed by atoms with Gasteiger partial charge in [-0.3, -0.25) is 4.79 Å². The molecule has 33 heavy (non-hydrogen) atoms. The highest BCUT2D eigenvalue weighted by Gasteiger charge is 2.16. The summed E-state index contributed by atoms with van der Waals surface area (Å²) in [6, 6.07) is 23.0. The lowest BCUT2D eigenvalue weighted by Gasteiger charge is -2.35. The average Bonchev–Trinajstić information content (AvgIpc) is 2.85. The van der Waals surface area contributed by atoms with Gasteiger partial charge in [-0.05, 0) is 73.6 Å². The first kappa shape index (κ1) is 22.7. The molecule has 0 saturated carbocycles. The van der Waals surface area contributed by atoms with Gasteiger partial charge in [0.1, 0.15) is 17.2 Å². The van der Waals surface area contributed by atoms with Gasteiger partial charge >= 0.3 is 0 Å². The molecule has 1 N–H and O–H groups in total. The molecule has 6 nitrogen and oxygen atoms in total. The minimum Gasteiger partial charge on any atom is -0.484 e. The summed E-state index contributed by atoms with van der Waals surface area (Å²) < 4.78 is 11.4. The molecule has 1 amide bonds. The number of amides is 1. The van der Waals surface area contributed by atoms with E-state index < -0.39 is 0 Å². The van der Waals surface area contributed by atoms with Crippen LogP contribution in [0.2, 0.25) is 0 Å². The smallest absolute Gasteiger partial charge is 0.262 e. The third-order valence-electron chi connectivity index (χ3n) is 5.84. The number of likely N-dealkylation sites (N-methyl/N-ethyl adjacent to an activating group) is 1. The third kappa shape index (κ3) is 6.26. The van der Waals surface area contributed by atoms with Crippen LogP contribution in [-0.2, 0) is 4.79 Å². The van der Waals surface area contributed by atoms with Crippen molar-refractivity contribution < 1.29 is 14.3 Å².